The van der Waals surface area contributed by atoms with Crippen molar-refractivity contribution in [2.24, 2.45) is 0 Å². The largest absolute Gasteiger partial charge is 0.368 e. The molecule has 4 rings (SSSR count). The minimum absolute atomic E-state index is 0.204. The first-order valence-electron chi connectivity index (χ1n) is 9.73. The van der Waals surface area contributed by atoms with Crippen molar-refractivity contribution in [1.82, 2.24) is 25.0 Å². The molecule has 0 radical (unpaired) electrons. The summed E-state index contributed by atoms with van der Waals surface area (Å²) >= 11 is 0. The number of aromatic nitrogens is 4. The molecule has 0 saturated carbocycles. The van der Waals surface area contributed by atoms with Gasteiger partial charge in [0.1, 0.15) is 17.1 Å². The highest BCUT2D eigenvalue weighted by Gasteiger charge is 2.41. The summed E-state index contributed by atoms with van der Waals surface area (Å²) in [6.45, 7) is 4.77. The Morgan fingerprint density at radius 1 is 1.21 bits per heavy atom. The van der Waals surface area contributed by atoms with Gasteiger partial charge in [-0.05, 0) is 36.5 Å². The summed E-state index contributed by atoms with van der Waals surface area (Å²) in [5.74, 6) is 1.00. The molecule has 7 nitrogen and oxygen atoms in total. The summed E-state index contributed by atoms with van der Waals surface area (Å²) in [4.78, 5) is 15.2. The van der Waals surface area contributed by atoms with Crippen LogP contribution in [0.15, 0.2) is 47.4 Å². The van der Waals surface area contributed by atoms with Gasteiger partial charge in [-0.1, -0.05) is 24.2 Å². The van der Waals surface area contributed by atoms with Gasteiger partial charge < -0.3 is 14.2 Å². The van der Waals surface area contributed by atoms with E-state index in [-0.39, 0.29) is 5.82 Å². The molecule has 3 aromatic rings. The van der Waals surface area contributed by atoms with Crippen LogP contribution in [0.1, 0.15) is 37.1 Å². The molecule has 0 N–H and O–H groups in total. The minimum atomic E-state index is -0.594. The Balaban J connectivity index is 1.41. The molecular weight excluding hydrogens is 373 g/mol. The first kappa shape index (κ1) is 19.6. The number of ether oxygens (including phenoxy) is 1. The summed E-state index contributed by atoms with van der Waals surface area (Å²) in [5, 5.41) is 4.06. The average molecular weight is 397 g/mol. The van der Waals surface area contributed by atoms with Crippen LogP contribution in [-0.4, -0.2) is 51.8 Å². The molecule has 0 spiro atoms. The van der Waals surface area contributed by atoms with E-state index in [9.17, 15) is 4.39 Å². The van der Waals surface area contributed by atoms with Gasteiger partial charge in [0, 0.05) is 39.1 Å². The number of halogens is 1. The number of piperidine rings is 1. The van der Waals surface area contributed by atoms with Crippen LogP contribution >= 0.6 is 0 Å². The zero-order valence-electron chi connectivity index (χ0n) is 16.6. The van der Waals surface area contributed by atoms with Crippen molar-refractivity contribution in [3.8, 4) is 11.5 Å². The summed E-state index contributed by atoms with van der Waals surface area (Å²) in [7, 11) is 1.68. The van der Waals surface area contributed by atoms with Gasteiger partial charge >= 0.3 is 0 Å². The fraction of sp³-hybridized carbons (Fsp3) is 0.429. The van der Waals surface area contributed by atoms with Crippen LogP contribution in [0.3, 0.4) is 0 Å². The van der Waals surface area contributed by atoms with Gasteiger partial charge in [0.05, 0.1) is 6.20 Å². The van der Waals surface area contributed by atoms with E-state index >= 15 is 0 Å². The zero-order chi connectivity index (χ0) is 20.3. The van der Waals surface area contributed by atoms with Crippen LogP contribution in [0.4, 0.5) is 4.39 Å². The highest BCUT2D eigenvalue weighted by Crippen LogP contribution is 2.36. The average Bonchev–Trinajstić information content (AvgIpc) is 3.26. The molecular formula is C21H24FN5O2. The van der Waals surface area contributed by atoms with Crippen molar-refractivity contribution >= 4 is 0 Å². The lowest BCUT2D eigenvalue weighted by molar-refractivity contribution is -0.0831. The number of likely N-dealkylation sites (tertiary alicyclic amines) is 1. The maximum atomic E-state index is 13.2. The van der Waals surface area contributed by atoms with Crippen molar-refractivity contribution in [2.45, 2.75) is 31.3 Å². The molecule has 3 heterocycles. The molecule has 1 fully saturated rings. The monoisotopic (exact) mass is 397 g/mol. The lowest BCUT2D eigenvalue weighted by atomic mass is 9.90. The second-order valence-corrected chi connectivity index (χ2v) is 7.47. The van der Waals surface area contributed by atoms with Crippen LogP contribution in [0, 0.1) is 5.82 Å². The third-order valence-corrected chi connectivity index (χ3v) is 5.63. The van der Waals surface area contributed by atoms with E-state index in [0.29, 0.717) is 23.3 Å². The Hall–Kier alpha value is -2.71. The molecule has 8 heteroatoms. The molecule has 0 aliphatic carbocycles. The number of hydrogen-bond acceptors (Lipinski definition) is 7. The van der Waals surface area contributed by atoms with Crippen molar-refractivity contribution in [3.63, 3.8) is 0 Å². The van der Waals surface area contributed by atoms with Gasteiger partial charge in [0.25, 0.3) is 5.89 Å². The maximum Gasteiger partial charge on any atom is 0.259 e. The molecule has 29 heavy (non-hydrogen) atoms. The fourth-order valence-corrected chi connectivity index (χ4v) is 3.81. The quantitative estimate of drug-likeness (QED) is 0.631. The van der Waals surface area contributed by atoms with E-state index < -0.39 is 5.60 Å². The predicted octanol–water partition coefficient (Wildman–Crippen LogP) is 3.41. The predicted molar refractivity (Wildman–Crippen MR) is 105 cm³/mol. The first-order valence-corrected chi connectivity index (χ1v) is 9.73. The third-order valence-electron chi connectivity index (χ3n) is 5.63. The van der Waals surface area contributed by atoms with E-state index in [1.165, 1.54) is 12.1 Å². The number of hydrogen-bond donors (Lipinski definition) is 0. The van der Waals surface area contributed by atoms with E-state index in [4.69, 9.17) is 9.26 Å². The highest BCUT2D eigenvalue weighted by molar-refractivity contribution is 5.45. The molecule has 1 aromatic carbocycles. The Morgan fingerprint density at radius 3 is 2.62 bits per heavy atom. The standard InChI is InChI=1S/C21H24FN5O2/c1-15(16-3-5-17(22)6-4-16)14-27-11-7-21(28-2,8-12-27)20-25-19(26-29-20)18-13-23-9-10-24-18/h3-6,9-10,13,15H,7-8,11-12,14H2,1-2H3. The SMILES string of the molecule is COC1(c2nc(-c3cnccn3)no2)CCN(CC(C)c2ccc(F)cc2)CC1. The second-order valence-electron chi connectivity index (χ2n) is 7.47. The lowest BCUT2D eigenvalue weighted by Gasteiger charge is -2.39. The third kappa shape index (κ3) is 4.18. The molecule has 152 valence electrons. The summed E-state index contributed by atoms with van der Waals surface area (Å²) in [6.07, 6.45) is 6.30. The molecule has 1 unspecified atom stereocenters. The molecule has 1 aliphatic heterocycles. The highest BCUT2D eigenvalue weighted by atomic mass is 19.1. The van der Waals surface area contributed by atoms with Gasteiger partial charge in [-0.25, -0.2) is 9.37 Å². The zero-order valence-corrected chi connectivity index (χ0v) is 16.6. The Morgan fingerprint density at radius 2 is 1.97 bits per heavy atom. The first-order chi connectivity index (χ1) is 14.1. The number of benzene rings is 1. The Labute approximate surface area is 168 Å². The van der Waals surface area contributed by atoms with Crippen LogP contribution in [0.5, 0.6) is 0 Å². The van der Waals surface area contributed by atoms with Crippen molar-refractivity contribution < 1.29 is 13.7 Å². The van der Waals surface area contributed by atoms with Crippen LogP contribution in [0.2, 0.25) is 0 Å². The molecule has 0 amide bonds. The molecule has 1 saturated heterocycles. The van der Waals surface area contributed by atoms with Crippen LogP contribution < -0.4 is 0 Å². The topological polar surface area (TPSA) is 77.2 Å². The normalized spacial score (nSPS) is 17.9. The number of rotatable bonds is 6. The van der Waals surface area contributed by atoms with E-state index in [2.05, 4.69) is 31.9 Å². The number of methoxy groups -OCH3 is 1. The molecule has 1 atom stereocenters. The Kier molecular flexibility index (Phi) is 5.64. The maximum absolute atomic E-state index is 13.2. The molecule has 1 aliphatic rings. The second kappa shape index (κ2) is 8.34. The van der Waals surface area contributed by atoms with Gasteiger partial charge in [0.2, 0.25) is 5.82 Å². The minimum Gasteiger partial charge on any atom is -0.368 e. The van der Waals surface area contributed by atoms with Crippen molar-refractivity contribution in [1.29, 1.82) is 0 Å². The Bertz CT molecular complexity index is 924. The fourth-order valence-electron chi connectivity index (χ4n) is 3.81. The summed E-state index contributed by atoms with van der Waals surface area (Å²) < 4.78 is 24.6. The summed E-state index contributed by atoms with van der Waals surface area (Å²) in [5.41, 5.74) is 1.11. The lowest BCUT2D eigenvalue weighted by Crippen LogP contribution is -2.45. The van der Waals surface area contributed by atoms with E-state index in [1.54, 1.807) is 25.7 Å². The van der Waals surface area contributed by atoms with Gasteiger partial charge in [-0.15, -0.1) is 0 Å². The van der Waals surface area contributed by atoms with Gasteiger partial charge in [-0.2, -0.15) is 4.98 Å². The van der Waals surface area contributed by atoms with Gasteiger partial charge in [0.15, 0.2) is 0 Å². The van der Waals surface area contributed by atoms with E-state index in [1.807, 2.05) is 12.1 Å². The van der Waals surface area contributed by atoms with Crippen LogP contribution in [-0.2, 0) is 10.3 Å². The molecule has 2 aromatic heterocycles. The molecule has 0 bridgehead atoms. The summed E-state index contributed by atoms with van der Waals surface area (Å²) in [6, 6.07) is 6.75. The van der Waals surface area contributed by atoms with Gasteiger partial charge in [-0.3, -0.25) is 4.98 Å². The van der Waals surface area contributed by atoms with E-state index in [0.717, 1.165) is 38.0 Å². The van der Waals surface area contributed by atoms with Crippen molar-refractivity contribution in [2.75, 3.05) is 26.7 Å². The van der Waals surface area contributed by atoms with Crippen LogP contribution in [0.25, 0.3) is 11.5 Å². The van der Waals surface area contributed by atoms with Crippen molar-refractivity contribution in [3.05, 3.63) is 60.1 Å². The smallest absolute Gasteiger partial charge is 0.259 e. The number of nitrogens with zero attached hydrogens (tertiary/aromatic N) is 5.